The fraction of sp³-hybridized carbons (Fsp3) is 0.0833. The molecule has 0 aliphatic heterocycles. The van der Waals surface area contributed by atoms with E-state index in [4.69, 9.17) is 33.7 Å². The monoisotopic (exact) mass is 261 g/mol. The molecule has 18 heavy (non-hydrogen) atoms. The third-order valence-electron chi connectivity index (χ3n) is 1.97. The molecule has 1 rings (SSSR count). The summed E-state index contributed by atoms with van der Waals surface area (Å²) in [7, 11) is 0. The minimum atomic E-state index is -0.580. The number of nitrogens with zero attached hydrogens (tertiary/aromatic N) is 1. The summed E-state index contributed by atoms with van der Waals surface area (Å²) in [6.07, 6.45) is 1.50. The standard InChI is InChI=1S/C12H11N3O2S/c13-6-9(12(15)18)5-8-3-1-2-4-10(8)17-7-11(14)16/h1-5H,7H2,(H2,14,16)(H2,15,18). The predicted molar refractivity (Wildman–Crippen MR) is 71.5 cm³/mol. The molecule has 1 amide bonds. The molecule has 4 N–H and O–H groups in total. The van der Waals surface area contributed by atoms with Crippen molar-refractivity contribution in [2.24, 2.45) is 11.5 Å². The van der Waals surface area contributed by atoms with Crippen LogP contribution in [0.15, 0.2) is 29.8 Å². The average Bonchev–Trinajstić information content (AvgIpc) is 2.34. The Labute approximate surface area is 110 Å². The lowest BCUT2D eigenvalue weighted by Gasteiger charge is -2.07. The Kier molecular flexibility index (Phi) is 4.84. The molecule has 0 saturated heterocycles. The van der Waals surface area contributed by atoms with Crippen LogP contribution in [0.25, 0.3) is 6.08 Å². The van der Waals surface area contributed by atoms with Gasteiger partial charge in [0.1, 0.15) is 16.8 Å². The first-order valence-corrected chi connectivity index (χ1v) is 5.37. The van der Waals surface area contributed by atoms with Gasteiger partial charge in [0.25, 0.3) is 5.91 Å². The number of thiocarbonyl (C=S) groups is 1. The highest BCUT2D eigenvalue weighted by Crippen LogP contribution is 2.20. The van der Waals surface area contributed by atoms with Crippen molar-refractivity contribution in [1.82, 2.24) is 0 Å². The van der Waals surface area contributed by atoms with E-state index in [1.165, 1.54) is 6.08 Å². The minimum Gasteiger partial charge on any atom is -0.483 e. The van der Waals surface area contributed by atoms with Crippen LogP contribution in [0.1, 0.15) is 5.56 Å². The molecule has 6 heteroatoms. The van der Waals surface area contributed by atoms with Gasteiger partial charge in [0.2, 0.25) is 0 Å². The number of nitrogens with two attached hydrogens (primary N) is 2. The number of ether oxygens (including phenoxy) is 1. The molecule has 0 bridgehead atoms. The summed E-state index contributed by atoms with van der Waals surface area (Å²) < 4.78 is 5.21. The van der Waals surface area contributed by atoms with E-state index in [1.807, 2.05) is 6.07 Å². The van der Waals surface area contributed by atoms with Crippen LogP contribution in [0.2, 0.25) is 0 Å². The van der Waals surface area contributed by atoms with Gasteiger partial charge in [-0.05, 0) is 12.1 Å². The van der Waals surface area contributed by atoms with E-state index >= 15 is 0 Å². The topological polar surface area (TPSA) is 102 Å². The zero-order valence-corrected chi connectivity index (χ0v) is 10.2. The van der Waals surface area contributed by atoms with Crippen molar-refractivity contribution in [3.8, 4) is 11.8 Å². The number of hydrogen-bond acceptors (Lipinski definition) is 4. The molecule has 0 atom stereocenters. The number of nitriles is 1. The number of hydrogen-bond donors (Lipinski definition) is 2. The zero-order chi connectivity index (χ0) is 13.5. The first kappa shape index (κ1) is 13.7. The van der Waals surface area contributed by atoms with Crippen molar-refractivity contribution in [1.29, 1.82) is 5.26 Å². The second-order valence-electron chi connectivity index (χ2n) is 3.33. The number of amides is 1. The molecule has 0 saturated carbocycles. The van der Waals surface area contributed by atoms with Gasteiger partial charge in [-0.2, -0.15) is 5.26 Å². The lowest BCUT2D eigenvalue weighted by Crippen LogP contribution is -2.20. The smallest absolute Gasteiger partial charge is 0.255 e. The molecule has 0 radical (unpaired) electrons. The fourth-order valence-electron chi connectivity index (χ4n) is 1.19. The van der Waals surface area contributed by atoms with E-state index < -0.39 is 5.91 Å². The third kappa shape index (κ3) is 3.88. The number of primary amides is 1. The number of benzene rings is 1. The molecule has 0 fully saturated rings. The van der Waals surface area contributed by atoms with Crippen LogP contribution in [0.3, 0.4) is 0 Å². The van der Waals surface area contributed by atoms with Gasteiger partial charge in [-0.1, -0.05) is 30.4 Å². The maximum absolute atomic E-state index is 10.7. The van der Waals surface area contributed by atoms with Crippen molar-refractivity contribution >= 4 is 29.2 Å². The van der Waals surface area contributed by atoms with Gasteiger partial charge < -0.3 is 16.2 Å². The largest absolute Gasteiger partial charge is 0.483 e. The maximum atomic E-state index is 10.7. The van der Waals surface area contributed by atoms with E-state index in [2.05, 4.69) is 0 Å². The molecule has 5 nitrogen and oxygen atoms in total. The van der Waals surface area contributed by atoms with E-state index in [0.717, 1.165) is 0 Å². The van der Waals surface area contributed by atoms with Crippen LogP contribution < -0.4 is 16.2 Å². The minimum absolute atomic E-state index is 0.00204. The second kappa shape index (κ2) is 6.37. The summed E-state index contributed by atoms with van der Waals surface area (Å²) >= 11 is 4.74. The van der Waals surface area contributed by atoms with Gasteiger partial charge in [-0.3, -0.25) is 4.79 Å². The van der Waals surface area contributed by atoms with Gasteiger partial charge >= 0.3 is 0 Å². The number of carbonyl (C=O) groups excluding carboxylic acids is 1. The molecular weight excluding hydrogens is 250 g/mol. The highest BCUT2D eigenvalue weighted by atomic mass is 32.1. The molecule has 0 unspecified atom stereocenters. The van der Waals surface area contributed by atoms with Crippen LogP contribution >= 0.6 is 12.2 Å². The molecule has 0 aliphatic carbocycles. The number of para-hydroxylation sites is 1. The van der Waals surface area contributed by atoms with Crippen LogP contribution in [-0.4, -0.2) is 17.5 Å². The Morgan fingerprint density at radius 3 is 2.67 bits per heavy atom. The Balaban J connectivity index is 3.06. The normalized spacial score (nSPS) is 10.5. The average molecular weight is 261 g/mol. The van der Waals surface area contributed by atoms with Gasteiger partial charge in [-0.25, -0.2) is 0 Å². The Morgan fingerprint density at radius 2 is 2.11 bits per heavy atom. The number of carbonyl (C=O) groups is 1. The summed E-state index contributed by atoms with van der Waals surface area (Å²) in [6.45, 7) is -0.236. The van der Waals surface area contributed by atoms with Crippen LogP contribution in [-0.2, 0) is 4.79 Å². The lowest BCUT2D eigenvalue weighted by atomic mass is 10.1. The Bertz CT molecular complexity index is 546. The first-order valence-electron chi connectivity index (χ1n) is 4.96. The van der Waals surface area contributed by atoms with Crippen molar-refractivity contribution < 1.29 is 9.53 Å². The van der Waals surface area contributed by atoms with Gasteiger partial charge in [0.05, 0.1) is 5.57 Å². The third-order valence-corrected chi connectivity index (χ3v) is 2.19. The highest BCUT2D eigenvalue weighted by Gasteiger charge is 2.05. The Morgan fingerprint density at radius 1 is 1.44 bits per heavy atom. The van der Waals surface area contributed by atoms with Crippen LogP contribution in [0.5, 0.6) is 5.75 Å². The zero-order valence-electron chi connectivity index (χ0n) is 9.42. The fourth-order valence-corrected chi connectivity index (χ4v) is 1.30. The predicted octanol–water partition coefficient (Wildman–Crippen LogP) is 0.744. The first-order chi connectivity index (χ1) is 8.54. The molecule has 92 valence electrons. The SMILES string of the molecule is N#CC(=Cc1ccccc1OCC(N)=O)C(N)=S. The lowest BCUT2D eigenvalue weighted by molar-refractivity contribution is -0.119. The van der Waals surface area contributed by atoms with E-state index in [0.29, 0.717) is 11.3 Å². The summed E-state index contributed by atoms with van der Waals surface area (Å²) in [6, 6.07) is 8.76. The van der Waals surface area contributed by atoms with E-state index in [1.54, 1.807) is 24.3 Å². The van der Waals surface area contributed by atoms with Crippen molar-refractivity contribution in [3.63, 3.8) is 0 Å². The molecule has 0 heterocycles. The van der Waals surface area contributed by atoms with E-state index in [9.17, 15) is 4.79 Å². The van der Waals surface area contributed by atoms with Gasteiger partial charge in [0, 0.05) is 5.56 Å². The molecule has 0 aliphatic rings. The summed E-state index contributed by atoms with van der Waals surface area (Å²) in [5, 5.41) is 8.87. The van der Waals surface area contributed by atoms with Crippen LogP contribution in [0.4, 0.5) is 0 Å². The molecule has 1 aromatic carbocycles. The molecular formula is C12H11N3O2S. The maximum Gasteiger partial charge on any atom is 0.255 e. The van der Waals surface area contributed by atoms with Crippen molar-refractivity contribution in [2.45, 2.75) is 0 Å². The molecule has 0 spiro atoms. The number of rotatable bonds is 5. The summed E-state index contributed by atoms with van der Waals surface area (Å²) in [4.78, 5) is 10.7. The van der Waals surface area contributed by atoms with Gasteiger partial charge in [0.15, 0.2) is 6.61 Å². The quantitative estimate of drug-likeness (QED) is 0.462. The van der Waals surface area contributed by atoms with Crippen molar-refractivity contribution in [2.75, 3.05) is 6.61 Å². The summed E-state index contributed by atoms with van der Waals surface area (Å²) in [5.41, 5.74) is 11.2. The van der Waals surface area contributed by atoms with E-state index in [-0.39, 0.29) is 17.2 Å². The van der Waals surface area contributed by atoms with Crippen LogP contribution in [0, 0.1) is 11.3 Å². The van der Waals surface area contributed by atoms with Crippen molar-refractivity contribution in [3.05, 3.63) is 35.4 Å². The highest BCUT2D eigenvalue weighted by molar-refractivity contribution is 7.80. The Hall–Kier alpha value is -2.39. The summed E-state index contributed by atoms with van der Waals surface area (Å²) in [5.74, 6) is -0.149. The molecule has 0 aromatic heterocycles. The molecule has 1 aromatic rings. The van der Waals surface area contributed by atoms with Gasteiger partial charge in [-0.15, -0.1) is 0 Å². The second-order valence-corrected chi connectivity index (χ2v) is 3.77.